The highest BCUT2D eigenvalue weighted by Gasteiger charge is 2.41. The van der Waals surface area contributed by atoms with E-state index in [9.17, 15) is 4.79 Å². The van der Waals surface area contributed by atoms with E-state index >= 15 is 0 Å². The van der Waals surface area contributed by atoms with Crippen molar-refractivity contribution in [3.8, 4) is 11.5 Å². The summed E-state index contributed by atoms with van der Waals surface area (Å²) >= 11 is 11.4. The number of carbonyl (C=O) groups excluding carboxylic acids is 1. The lowest BCUT2D eigenvalue weighted by Gasteiger charge is -2.12. The number of thiocarbonyl (C=S) groups is 1. The van der Waals surface area contributed by atoms with Crippen LogP contribution in [-0.2, 0) is 11.4 Å². The van der Waals surface area contributed by atoms with E-state index in [0.29, 0.717) is 22.4 Å². The summed E-state index contributed by atoms with van der Waals surface area (Å²) in [6.07, 6.45) is 3.83. The van der Waals surface area contributed by atoms with E-state index in [1.165, 1.54) is 0 Å². The standard InChI is InChI=1S/C22H21ClN2O3S/c1-13-9-17(6-7-18(13)23)28-12-15-10-14(3-8-20(15)27-2)11-19-21(26)25(16-4-5-16)22(29)24-19/h3,6-11,16H,4-5,12H2,1-2H3,(H,24,29)/b19-11+. The molecule has 0 spiro atoms. The summed E-state index contributed by atoms with van der Waals surface area (Å²) in [5.74, 6) is 1.39. The van der Waals surface area contributed by atoms with Gasteiger partial charge >= 0.3 is 0 Å². The predicted octanol–water partition coefficient (Wildman–Crippen LogP) is 4.46. The number of nitrogens with one attached hydrogen (secondary N) is 1. The zero-order valence-electron chi connectivity index (χ0n) is 16.2. The molecular formula is C22H21ClN2O3S. The van der Waals surface area contributed by atoms with Crippen LogP contribution in [0.5, 0.6) is 11.5 Å². The third-order valence-corrected chi connectivity index (χ3v) is 5.68. The Bertz CT molecular complexity index is 1020. The highest BCUT2D eigenvalue weighted by Crippen LogP contribution is 2.31. The van der Waals surface area contributed by atoms with Gasteiger partial charge in [-0.15, -0.1) is 0 Å². The molecule has 4 rings (SSSR count). The Hall–Kier alpha value is -2.57. The van der Waals surface area contributed by atoms with Crippen LogP contribution < -0.4 is 14.8 Å². The molecule has 2 aliphatic rings. The van der Waals surface area contributed by atoms with Gasteiger partial charge < -0.3 is 14.8 Å². The summed E-state index contributed by atoms with van der Waals surface area (Å²) in [6.45, 7) is 2.26. The molecule has 1 amide bonds. The van der Waals surface area contributed by atoms with Gasteiger partial charge in [-0.25, -0.2) is 0 Å². The molecule has 2 aromatic carbocycles. The number of rotatable bonds is 6. The number of hydrogen-bond donors (Lipinski definition) is 1. The lowest BCUT2D eigenvalue weighted by Crippen LogP contribution is -2.32. The molecule has 1 aliphatic heterocycles. The summed E-state index contributed by atoms with van der Waals surface area (Å²) < 4.78 is 11.4. The first-order valence-electron chi connectivity index (χ1n) is 9.38. The number of hydrogen-bond acceptors (Lipinski definition) is 4. The quantitative estimate of drug-likeness (QED) is 0.544. The number of amides is 1. The second-order valence-electron chi connectivity index (χ2n) is 7.17. The minimum absolute atomic E-state index is 0.0669. The van der Waals surface area contributed by atoms with Gasteiger partial charge in [-0.3, -0.25) is 9.69 Å². The molecule has 2 fully saturated rings. The maximum Gasteiger partial charge on any atom is 0.276 e. The molecule has 1 aliphatic carbocycles. The maximum absolute atomic E-state index is 12.6. The van der Waals surface area contributed by atoms with Gasteiger partial charge in [0.1, 0.15) is 23.8 Å². The number of aryl methyl sites for hydroxylation is 1. The van der Waals surface area contributed by atoms with Crippen molar-refractivity contribution in [2.24, 2.45) is 0 Å². The Morgan fingerprint density at radius 3 is 2.76 bits per heavy atom. The van der Waals surface area contributed by atoms with E-state index in [1.54, 1.807) is 12.0 Å². The van der Waals surface area contributed by atoms with Crippen molar-refractivity contribution in [3.63, 3.8) is 0 Å². The predicted molar refractivity (Wildman–Crippen MR) is 117 cm³/mol. The van der Waals surface area contributed by atoms with Gasteiger partial charge in [0.15, 0.2) is 5.11 Å². The van der Waals surface area contributed by atoms with Gasteiger partial charge in [-0.05, 0) is 79.5 Å². The van der Waals surface area contributed by atoms with E-state index in [0.717, 1.165) is 41.0 Å². The first-order chi connectivity index (χ1) is 14.0. The second-order valence-corrected chi connectivity index (χ2v) is 7.96. The topological polar surface area (TPSA) is 50.8 Å². The molecule has 2 aromatic rings. The fourth-order valence-corrected chi connectivity index (χ4v) is 3.71. The van der Waals surface area contributed by atoms with E-state index in [2.05, 4.69) is 5.32 Å². The monoisotopic (exact) mass is 428 g/mol. The van der Waals surface area contributed by atoms with E-state index in [-0.39, 0.29) is 11.9 Å². The van der Waals surface area contributed by atoms with Crippen molar-refractivity contribution < 1.29 is 14.3 Å². The van der Waals surface area contributed by atoms with Crippen LogP contribution in [0.15, 0.2) is 42.1 Å². The van der Waals surface area contributed by atoms with Crippen LogP contribution in [0.25, 0.3) is 6.08 Å². The number of halogens is 1. The first kappa shape index (κ1) is 19.7. The SMILES string of the molecule is COc1ccc(/C=C2/NC(=S)N(C3CC3)C2=O)cc1COc1ccc(Cl)c(C)c1. The Balaban J connectivity index is 1.54. The molecule has 7 heteroatoms. The van der Waals surface area contributed by atoms with Crippen molar-refractivity contribution in [2.45, 2.75) is 32.4 Å². The highest BCUT2D eigenvalue weighted by atomic mass is 35.5. The van der Waals surface area contributed by atoms with Crippen LogP contribution in [0.1, 0.15) is 29.5 Å². The van der Waals surface area contributed by atoms with Gasteiger partial charge in [-0.2, -0.15) is 0 Å². The van der Waals surface area contributed by atoms with Gasteiger partial charge in [-0.1, -0.05) is 17.7 Å². The Kier molecular flexibility index (Phi) is 5.48. The zero-order chi connectivity index (χ0) is 20.5. The van der Waals surface area contributed by atoms with Gasteiger partial charge in [0.05, 0.1) is 7.11 Å². The largest absolute Gasteiger partial charge is 0.496 e. The van der Waals surface area contributed by atoms with Crippen molar-refractivity contribution in [3.05, 3.63) is 63.8 Å². The lowest BCUT2D eigenvalue weighted by atomic mass is 10.1. The van der Waals surface area contributed by atoms with Crippen LogP contribution in [0, 0.1) is 6.92 Å². The molecule has 1 saturated heterocycles. The fourth-order valence-electron chi connectivity index (χ4n) is 3.25. The summed E-state index contributed by atoms with van der Waals surface area (Å²) in [7, 11) is 1.62. The van der Waals surface area contributed by atoms with Crippen molar-refractivity contribution in [2.75, 3.05) is 7.11 Å². The molecule has 29 heavy (non-hydrogen) atoms. The molecule has 0 unspecified atom stereocenters. The molecule has 1 saturated carbocycles. The smallest absolute Gasteiger partial charge is 0.276 e. The summed E-state index contributed by atoms with van der Waals surface area (Å²) in [4.78, 5) is 14.3. The fraction of sp³-hybridized carbons (Fsp3) is 0.273. The molecular weight excluding hydrogens is 408 g/mol. The van der Waals surface area contributed by atoms with Crippen molar-refractivity contribution in [1.82, 2.24) is 10.2 Å². The zero-order valence-corrected chi connectivity index (χ0v) is 17.8. The molecule has 0 aromatic heterocycles. The van der Waals surface area contributed by atoms with Gasteiger partial charge in [0.25, 0.3) is 5.91 Å². The van der Waals surface area contributed by atoms with Crippen LogP contribution >= 0.6 is 23.8 Å². The maximum atomic E-state index is 12.6. The Labute approximate surface area is 180 Å². The molecule has 1 heterocycles. The van der Waals surface area contributed by atoms with Crippen molar-refractivity contribution >= 4 is 40.9 Å². The second kappa shape index (κ2) is 8.05. The van der Waals surface area contributed by atoms with Gasteiger partial charge in [0.2, 0.25) is 0 Å². The lowest BCUT2D eigenvalue weighted by molar-refractivity contribution is -0.122. The summed E-state index contributed by atoms with van der Waals surface area (Å²) in [5, 5.41) is 4.22. The van der Waals surface area contributed by atoms with Crippen molar-refractivity contribution in [1.29, 1.82) is 0 Å². The number of nitrogens with zero attached hydrogens (tertiary/aromatic N) is 1. The number of carbonyl (C=O) groups is 1. The van der Waals surface area contributed by atoms with Crippen LogP contribution in [0.2, 0.25) is 5.02 Å². The average Bonchev–Trinajstić information content (AvgIpc) is 3.49. The first-order valence-corrected chi connectivity index (χ1v) is 10.2. The van der Waals surface area contributed by atoms with Crippen LogP contribution in [0.3, 0.4) is 0 Å². The Morgan fingerprint density at radius 2 is 2.07 bits per heavy atom. The molecule has 0 bridgehead atoms. The molecule has 0 radical (unpaired) electrons. The van der Waals surface area contributed by atoms with Crippen LogP contribution in [0.4, 0.5) is 0 Å². The highest BCUT2D eigenvalue weighted by molar-refractivity contribution is 7.80. The number of methoxy groups -OCH3 is 1. The molecule has 1 N–H and O–H groups in total. The summed E-state index contributed by atoms with van der Waals surface area (Å²) in [5.41, 5.74) is 3.19. The number of benzene rings is 2. The average molecular weight is 429 g/mol. The normalized spacial score (nSPS) is 17.6. The third-order valence-electron chi connectivity index (χ3n) is 4.96. The Morgan fingerprint density at radius 1 is 1.28 bits per heavy atom. The van der Waals surface area contributed by atoms with E-state index in [1.807, 2.05) is 49.4 Å². The van der Waals surface area contributed by atoms with Gasteiger partial charge in [0, 0.05) is 16.6 Å². The third kappa shape index (κ3) is 4.23. The van der Waals surface area contributed by atoms with E-state index < -0.39 is 0 Å². The molecule has 5 nitrogen and oxygen atoms in total. The minimum atomic E-state index is -0.0669. The van der Waals surface area contributed by atoms with Crippen LogP contribution in [-0.4, -0.2) is 29.1 Å². The summed E-state index contributed by atoms with van der Waals surface area (Å²) in [6, 6.07) is 11.5. The molecule has 0 atom stereocenters. The van der Waals surface area contributed by atoms with E-state index in [4.69, 9.17) is 33.3 Å². The number of ether oxygens (including phenoxy) is 2. The minimum Gasteiger partial charge on any atom is -0.496 e. The molecule has 150 valence electrons.